The van der Waals surface area contributed by atoms with Crippen LogP contribution in [0, 0.1) is 28.6 Å². The van der Waals surface area contributed by atoms with Crippen molar-refractivity contribution in [1.82, 2.24) is 0 Å². The van der Waals surface area contributed by atoms with E-state index in [1.165, 1.54) is 20.8 Å². The quantitative estimate of drug-likeness (QED) is 0.416. The molecule has 9 nitrogen and oxygen atoms in total. The fraction of sp³-hybridized carbons (Fsp3) is 0.750. The first kappa shape index (κ1) is 27.5. The van der Waals surface area contributed by atoms with Crippen LogP contribution in [0.15, 0.2) is 11.6 Å². The van der Waals surface area contributed by atoms with Gasteiger partial charge in [0.25, 0.3) is 0 Å². The van der Waals surface area contributed by atoms with E-state index in [0.717, 1.165) is 18.4 Å². The number of hydrogen-bond acceptors (Lipinski definition) is 9. The van der Waals surface area contributed by atoms with Gasteiger partial charge in [-0.25, -0.2) is 4.79 Å². The molecule has 3 fully saturated rings. The molecule has 0 heterocycles. The minimum Gasteiger partial charge on any atom is -0.455 e. The fourth-order valence-electron chi connectivity index (χ4n) is 8.27. The van der Waals surface area contributed by atoms with E-state index in [-0.39, 0.29) is 41.8 Å². The van der Waals surface area contributed by atoms with E-state index in [2.05, 4.69) is 6.92 Å². The molecule has 4 aliphatic rings. The van der Waals surface area contributed by atoms with Gasteiger partial charge in [-0.05, 0) is 74.7 Å². The van der Waals surface area contributed by atoms with Gasteiger partial charge >= 0.3 is 17.9 Å². The maximum atomic E-state index is 13.7. The summed E-state index contributed by atoms with van der Waals surface area (Å²) >= 11 is 0. The summed E-state index contributed by atoms with van der Waals surface area (Å²) in [6, 6.07) is 0. The smallest absolute Gasteiger partial charge is 0.347 e. The van der Waals surface area contributed by atoms with E-state index in [9.17, 15) is 29.1 Å². The molecule has 204 valence electrons. The number of carbonyl (C=O) groups is 5. The highest BCUT2D eigenvalue weighted by Crippen LogP contribution is 2.68. The largest absolute Gasteiger partial charge is 0.455 e. The number of carbonyl (C=O) groups excluding carboxylic acids is 5. The molecular formula is C28H38O9. The summed E-state index contributed by atoms with van der Waals surface area (Å²) in [7, 11) is 0. The number of aliphatic hydroxyl groups excluding tert-OH is 1. The van der Waals surface area contributed by atoms with Gasteiger partial charge in [0.05, 0.1) is 6.10 Å². The third-order valence-corrected chi connectivity index (χ3v) is 9.80. The zero-order valence-electron chi connectivity index (χ0n) is 22.3. The van der Waals surface area contributed by atoms with Crippen LogP contribution in [-0.4, -0.2) is 59.0 Å². The molecule has 0 aliphatic heterocycles. The average molecular weight is 519 g/mol. The fourth-order valence-corrected chi connectivity index (χ4v) is 8.27. The van der Waals surface area contributed by atoms with E-state index < -0.39 is 53.5 Å². The second-order valence-electron chi connectivity index (χ2n) is 11.8. The first-order valence-electron chi connectivity index (χ1n) is 13.2. The van der Waals surface area contributed by atoms with E-state index >= 15 is 0 Å². The normalized spacial score (nSPS) is 39.3. The number of ketones is 2. The van der Waals surface area contributed by atoms with Crippen molar-refractivity contribution in [3.8, 4) is 0 Å². The van der Waals surface area contributed by atoms with E-state index in [1.807, 2.05) is 6.92 Å². The summed E-state index contributed by atoms with van der Waals surface area (Å²) in [6.07, 6.45) is 3.73. The Kier molecular flexibility index (Phi) is 7.16. The van der Waals surface area contributed by atoms with Crippen LogP contribution in [-0.2, 0) is 38.2 Å². The van der Waals surface area contributed by atoms with Crippen molar-refractivity contribution in [1.29, 1.82) is 0 Å². The van der Waals surface area contributed by atoms with Crippen LogP contribution in [0.1, 0.15) is 79.6 Å². The molecule has 8 atom stereocenters. The van der Waals surface area contributed by atoms with Crippen LogP contribution in [0.4, 0.5) is 0 Å². The van der Waals surface area contributed by atoms with E-state index in [1.54, 1.807) is 6.08 Å². The molecule has 0 radical (unpaired) electrons. The molecule has 9 heteroatoms. The summed E-state index contributed by atoms with van der Waals surface area (Å²) < 4.78 is 15.8. The van der Waals surface area contributed by atoms with Crippen molar-refractivity contribution in [2.24, 2.45) is 28.6 Å². The molecule has 3 saturated carbocycles. The number of allylic oxidation sites excluding steroid dienone is 1. The molecule has 0 aromatic carbocycles. The summed E-state index contributed by atoms with van der Waals surface area (Å²) in [5, 5.41) is 11.6. The predicted octanol–water partition coefficient (Wildman–Crippen LogP) is 2.85. The zero-order valence-corrected chi connectivity index (χ0v) is 22.3. The number of esters is 3. The van der Waals surface area contributed by atoms with Crippen molar-refractivity contribution < 1.29 is 43.3 Å². The lowest BCUT2D eigenvalue weighted by Crippen LogP contribution is -2.63. The monoisotopic (exact) mass is 518 g/mol. The van der Waals surface area contributed by atoms with Crippen molar-refractivity contribution in [3.05, 3.63) is 11.6 Å². The highest BCUT2D eigenvalue weighted by Gasteiger charge is 2.70. The molecule has 37 heavy (non-hydrogen) atoms. The number of fused-ring (bicyclic) bond motifs is 5. The minimum absolute atomic E-state index is 0.0101. The van der Waals surface area contributed by atoms with Crippen LogP contribution in [0.5, 0.6) is 0 Å². The topological polar surface area (TPSA) is 133 Å². The van der Waals surface area contributed by atoms with Gasteiger partial charge < -0.3 is 19.3 Å². The molecule has 4 aliphatic carbocycles. The van der Waals surface area contributed by atoms with Gasteiger partial charge in [0.2, 0.25) is 5.78 Å². The van der Waals surface area contributed by atoms with Crippen LogP contribution in [0.25, 0.3) is 0 Å². The van der Waals surface area contributed by atoms with Crippen molar-refractivity contribution in [2.75, 3.05) is 6.61 Å². The number of aliphatic hydroxyl groups is 1. The summed E-state index contributed by atoms with van der Waals surface area (Å²) in [5.41, 5.74) is -1.56. The Morgan fingerprint density at radius 3 is 2.43 bits per heavy atom. The third-order valence-electron chi connectivity index (χ3n) is 9.80. The molecule has 0 bridgehead atoms. The van der Waals surface area contributed by atoms with Gasteiger partial charge in [0, 0.05) is 25.7 Å². The number of ether oxygens (including phenoxy) is 3. The molecule has 0 aromatic rings. The molecule has 1 N–H and O–H groups in total. The van der Waals surface area contributed by atoms with Gasteiger partial charge in [-0.1, -0.05) is 19.4 Å². The van der Waals surface area contributed by atoms with Gasteiger partial charge in [-0.15, -0.1) is 0 Å². The molecule has 0 aromatic heterocycles. The van der Waals surface area contributed by atoms with Crippen LogP contribution >= 0.6 is 0 Å². The maximum Gasteiger partial charge on any atom is 0.347 e. The predicted molar refractivity (Wildman–Crippen MR) is 130 cm³/mol. The minimum atomic E-state index is -1.54. The molecule has 0 amide bonds. The Labute approximate surface area is 217 Å². The van der Waals surface area contributed by atoms with Crippen molar-refractivity contribution >= 4 is 29.5 Å². The zero-order chi connectivity index (χ0) is 27.3. The number of Topliss-reactive ketones (excluding diaryl/α,β-unsaturated/α-hetero) is 1. The Morgan fingerprint density at radius 2 is 1.78 bits per heavy atom. The first-order chi connectivity index (χ1) is 17.2. The second-order valence-corrected chi connectivity index (χ2v) is 11.8. The Hall–Kier alpha value is -2.55. The van der Waals surface area contributed by atoms with Gasteiger partial charge in [-0.2, -0.15) is 0 Å². The van der Waals surface area contributed by atoms with Crippen LogP contribution < -0.4 is 0 Å². The lowest BCUT2D eigenvalue weighted by Gasteiger charge is -2.60. The van der Waals surface area contributed by atoms with Gasteiger partial charge in [0.1, 0.15) is 0 Å². The van der Waals surface area contributed by atoms with Gasteiger partial charge in [-0.3, -0.25) is 19.2 Å². The Bertz CT molecular complexity index is 1050. The highest BCUT2D eigenvalue weighted by molar-refractivity contribution is 5.94. The SMILES string of the molecule is CC(=O)OC(C)C(=O)OCC(=O)[C@@]1(OC(C)=O)CC[C@H]2[C@@H]3CCC4=CC(=O)CC[C@]4(C)[C@H]3[C@@H](O)C[C@@]21C. The van der Waals surface area contributed by atoms with Crippen molar-refractivity contribution in [2.45, 2.75) is 97.4 Å². The average Bonchev–Trinajstić information content (AvgIpc) is 3.08. The first-order valence-corrected chi connectivity index (χ1v) is 13.2. The lowest BCUT2D eigenvalue weighted by atomic mass is 9.45. The molecule has 1 unspecified atom stereocenters. The molecule has 0 saturated heterocycles. The van der Waals surface area contributed by atoms with Gasteiger partial charge in [0.15, 0.2) is 24.1 Å². The molecule has 4 rings (SSSR count). The number of rotatable bonds is 6. The van der Waals surface area contributed by atoms with E-state index in [0.29, 0.717) is 19.3 Å². The third kappa shape index (κ3) is 4.43. The standard InChI is InChI=1S/C28H38O9/c1-15(36-16(2)29)25(34)35-14-23(33)28(37-17(3)30)11-9-21-20-7-6-18-12-19(31)8-10-26(18,4)24(20)22(32)13-27(21,28)5/h12,15,20-22,24,32H,6-11,13-14H2,1-5H3/t15?,20-,21-,22-,24+,26-,27-,28-/m0/s1. The Morgan fingerprint density at radius 1 is 1.08 bits per heavy atom. The summed E-state index contributed by atoms with van der Waals surface area (Å²) in [6.45, 7) is 7.20. The summed E-state index contributed by atoms with van der Waals surface area (Å²) in [5.74, 6) is -2.47. The highest BCUT2D eigenvalue weighted by atomic mass is 16.6. The van der Waals surface area contributed by atoms with Crippen LogP contribution in [0.2, 0.25) is 0 Å². The molecule has 0 spiro atoms. The number of hydrogen-bond donors (Lipinski definition) is 1. The summed E-state index contributed by atoms with van der Waals surface area (Å²) in [4.78, 5) is 61.6. The van der Waals surface area contributed by atoms with Crippen molar-refractivity contribution in [3.63, 3.8) is 0 Å². The lowest BCUT2D eigenvalue weighted by molar-refractivity contribution is -0.202. The second kappa shape index (κ2) is 9.64. The van der Waals surface area contributed by atoms with Crippen LogP contribution in [0.3, 0.4) is 0 Å². The van der Waals surface area contributed by atoms with E-state index in [4.69, 9.17) is 14.2 Å². The molecular weight excluding hydrogens is 480 g/mol. The Balaban J connectivity index is 1.62. The maximum absolute atomic E-state index is 13.7.